The summed E-state index contributed by atoms with van der Waals surface area (Å²) in [5.74, 6) is 1.60. The number of ether oxygens (including phenoxy) is 1. The van der Waals surface area contributed by atoms with Crippen molar-refractivity contribution in [3.05, 3.63) is 83.7 Å². The van der Waals surface area contributed by atoms with Crippen molar-refractivity contribution in [3.8, 4) is 5.75 Å². The monoisotopic (exact) mass is 500 g/mol. The Labute approximate surface area is 214 Å². The van der Waals surface area contributed by atoms with Crippen LogP contribution in [0.1, 0.15) is 17.5 Å². The Morgan fingerprint density at radius 1 is 1.08 bits per heavy atom. The lowest BCUT2D eigenvalue weighted by atomic mass is 10.0. The van der Waals surface area contributed by atoms with Crippen LogP contribution in [0, 0.1) is 5.82 Å². The van der Waals surface area contributed by atoms with Crippen LogP contribution in [0.5, 0.6) is 5.75 Å². The van der Waals surface area contributed by atoms with Gasteiger partial charge < -0.3 is 15.0 Å². The number of aryl methyl sites for hydroxylation is 1. The van der Waals surface area contributed by atoms with Gasteiger partial charge in [0.15, 0.2) is 0 Å². The Morgan fingerprint density at radius 3 is 2.75 bits per heavy atom. The van der Waals surface area contributed by atoms with Gasteiger partial charge in [-0.3, -0.25) is 4.90 Å². The van der Waals surface area contributed by atoms with Gasteiger partial charge >= 0.3 is 0 Å². The zero-order valence-corrected chi connectivity index (χ0v) is 21.3. The topological polar surface area (TPSA) is 40.1 Å². The number of likely N-dealkylation sites (N-methyl/N-ethyl adjacent to an activating group) is 1. The van der Waals surface area contributed by atoms with Gasteiger partial charge in [0.2, 0.25) is 0 Å². The van der Waals surface area contributed by atoms with Gasteiger partial charge in [0.05, 0.1) is 24.0 Å². The Balaban J connectivity index is 1.33. The smallest absolute Gasteiger partial charge is 0.140 e. The van der Waals surface area contributed by atoms with E-state index in [1.807, 2.05) is 12.1 Å². The fourth-order valence-electron chi connectivity index (χ4n) is 5.16. The molecule has 6 rings (SSSR count). The van der Waals surface area contributed by atoms with Gasteiger partial charge in [-0.15, -0.1) is 11.3 Å². The highest BCUT2D eigenvalue weighted by molar-refractivity contribution is 7.23. The van der Waals surface area contributed by atoms with Gasteiger partial charge in [0, 0.05) is 35.8 Å². The summed E-state index contributed by atoms with van der Waals surface area (Å²) < 4.78 is 20.6. The maximum absolute atomic E-state index is 14.1. The largest absolute Gasteiger partial charge is 0.497 e. The number of rotatable bonds is 4. The standard InChI is InChI=1S/C29H29FN4OS/c1-33-15-16-34(18-21(33)11-7-19-8-12-22(35-2)13-9-19)28-27-23-5-3-4-6-26(23)36-29(27)32-25-17-20(30)10-14-24(25)31-28/h3-6,8-10,12-14,17,21,32H,7,11,15-16,18H2,1-2H3. The third kappa shape index (κ3) is 4.33. The average Bonchev–Trinajstić information content (AvgIpc) is 3.17. The summed E-state index contributed by atoms with van der Waals surface area (Å²) in [6.07, 6.45) is 2.07. The molecule has 7 heteroatoms. The highest BCUT2D eigenvalue weighted by atomic mass is 32.1. The Bertz CT molecular complexity index is 1430. The van der Waals surface area contributed by atoms with E-state index in [1.54, 1.807) is 24.5 Å². The van der Waals surface area contributed by atoms with Crippen LogP contribution in [0.15, 0.2) is 71.7 Å². The predicted molar refractivity (Wildman–Crippen MR) is 147 cm³/mol. The van der Waals surface area contributed by atoms with Crippen molar-refractivity contribution in [2.24, 2.45) is 4.99 Å². The summed E-state index contributed by atoms with van der Waals surface area (Å²) in [6, 6.07) is 22.0. The molecular weight excluding hydrogens is 471 g/mol. The summed E-state index contributed by atoms with van der Waals surface area (Å²) in [5, 5.41) is 5.70. The van der Waals surface area contributed by atoms with E-state index in [-0.39, 0.29) is 5.82 Å². The zero-order chi connectivity index (χ0) is 24.6. The minimum atomic E-state index is -0.263. The summed E-state index contributed by atoms with van der Waals surface area (Å²) in [7, 11) is 3.92. The Hall–Kier alpha value is -3.42. The molecular formula is C29H29FN4OS. The quantitative estimate of drug-likeness (QED) is 0.350. The Kier molecular flexibility index (Phi) is 6.11. The first kappa shape index (κ1) is 23.0. The lowest BCUT2D eigenvalue weighted by molar-refractivity contribution is 0.134. The number of hydrogen-bond donors (Lipinski definition) is 1. The normalized spacial score (nSPS) is 17.7. The number of halogens is 1. The minimum Gasteiger partial charge on any atom is -0.497 e. The number of amidine groups is 1. The highest BCUT2D eigenvalue weighted by Crippen LogP contribution is 2.43. The van der Waals surface area contributed by atoms with E-state index in [0.29, 0.717) is 11.7 Å². The lowest BCUT2D eigenvalue weighted by Gasteiger charge is -2.41. The summed E-state index contributed by atoms with van der Waals surface area (Å²) in [4.78, 5) is 10.0. The van der Waals surface area contributed by atoms with Crippen molar-refractivity contribution in [3.63, 3.8) is 0 Å². The third-order valence-corrected chi connectivity index (χ3v) is 8.34. The molecule has 3 heterocycles. The fraction of sp³-hybridized carbons (Fsp3) is 0.276. The summed E-state index contributed by atoms with van der Waals surface area (Å²) >= 11 is 1.70. The molecule has 1 unspecified atom stereocenters. The summed E-state index contributed by atoms with van der Waals surface area (Å²) in [5.41, 5.74) is 3.92. The average molecular weight is 501 g/mol. The fourth-order valence-corrected chi connectivity index (χ4v) is 6.27. The van der Waals surface area contributed by atoms with E-state index in [4.69, 9.17) is 9.73 Å². The van der Waals surface area contributed by atoms with Crippen molar-refractivity contribution in [2.75, 3.05) is 39.1 Å². The van der Waals surface area contributed by atoms with Gasteiger partial charge in [-0.1, -0.05) is 30.3 Å². The maximum atomic E-state index is 14.1. The van der Waals surface area contributed by atoms with E-state index in [9.17, 15) is 4.39 Å². The lowest BCUT2D eigenvalue weighted by Crippen LogP contribution is -2.53. The van der Waals surface area contributed by atoms with Crippen molar-refractivity contribution >= 4 is 43.6 Å². The second-order valence-electron chi connectivity index (χ2n) is 9.49. The number of nitrogens with one attached hydrogen (secondary N) is 1. The van der Waals surface area contributed by atoms with E-state index in [1.165, 1.54) is 27.8 Å². The van der Waals surface area contributed by atoms with E-state index in [2.05, 4.69) is 58.6 Å². The van der Waals surface area contributed by atoms with Crippen LogP contribution in [-0.2, 0) is 6.42 Å². The van der Waals surface area contributed by atoms with Crippen LogP contribution >= 0.6 is 11.3 Å². The number of aliphatic imine (C=N–C) groups is 1. The Morgan fingerprint density at radius 2 is 1.92 bits per heavy atom. The molecule has 2 aliphatic rings. The number of piperazine rings is 1. The van der Waals surface area contributed by atoms with Crippen LogP contribution in [0.25, 0.3) is 10.1 Å². The first-order valence-corrected chi connectivity index (χ1v) is 13.2. The van der Waals surface area contributed by atoms with E-state index in [0.717, 1.165) is 60.3 Å². The zero-order valence-electron chi connectivity index (χ0n) is 20.5. The molecule has 0 saturated carbocycles. The van der Waals surface area contributed by atoms with Gasteiger partial charge in [-0.25, -0.2) is 9.38 Å². The van der Waals surface area contributed by atoms with E-state index < -0.39 is 0 Å². The molecule has 1 fully saturated rings. The molecule has 1 atom stereocenters. The molecule has 2 aliphatic heterocycles. The van der Waals surface area contributed by atoms with Crippen molar-refractivity contribution < 1.29 is 9.13 Å². The molecule has 5 nitrogen and oxygen atoms in total. The molecule has 1 saturated heterocycles. The molecule has 36 heavy (non-hydrogen) atoms. The molecule has 0 spiro atoms. The number of fused-ring (bicyclic) bond motifs is 4. The molecule has 0 bridgehead atoms. The molecule has 0 aliphatic carbocycles. The van der Waals surface area contributed by atoms with Crippen LogP contribution in [0.4, 0.5) is 20.8 Å². The van der Waals surface area contributed by atoms with Crippen molar-refractivity contribution in [2.45, 2.75) is 18.9 Å². The molecule has 1 aromatic heterocycles. The predicted octanol–water partition coefficient (Wildman–Crippen LogP) is 6.43. The minimum absolute atomic E-state index is 0.263. The van der Waals surface area contributed by atoms with Crippen LogP contribution in [-0.4, -0.2) is 55.5 Å². The first-order valence-electron chi connectivity index (χ1n) is 12.3. The second-order valence-corrected chi connectivity index (χ2v) is 10.5. The summed E-state index contributed by atoms with van der Waals surface area (Å²) in [6.45, 7) is 2.76. The molecule has 0 amide bonds. The molecule has 4 aromatic rings. The highest BCUT2D eigenvalue weighted by Gasteiger charge is 2.31. The van der Waals surface area contributed by atoms with Crippen LogP contribution in [0.3, 0.4) is 0 Å². The van der Waals surface area contributed by atoms with Crippen molar-refractivity contribution in [1.82, 2.24) is 9.80 Å². The molecule has 0 radical (unpaired) electrons. The second kappa shape index (κ2) is 9.56. The number of thiophene rings is 1. The number of nitrogens with zero attached hydrogens (tertiary/aromatic N) is 3. The van der Waals surface area contributed by atoms with Crippen LogP contribution in [0.2, 0.25) is 0 Å². The number of methoxy groups -OCH3 is 1. The molecule has 1 N–H and O–H groups in total. The van der Waals surface area contributed by atoms with Gasteiger partial charge in [0.25, 0.3) is 0 Å². The molecule has 3 aromatic carbocycles. The number of anilines is 2. The van der Waals surface area contributed by atoms with Gasteiger partial charge in [-0.2, -0.15) is 0 Å². The number of benzene rings is 3. The molecule has 184 valence electrons. The first-order chi connectivity index (χ1) is 17.6. The number of hydrogen-bond acceptors (Lipinski definition) is 6. The third-order valence-electron chi connectivity index (χ3n) is 7.25. The van der Waals surface area contributed by atoms with Crippen molar-refractivity contribution in [1.29, 1.82) is 0 Å². The van der Waals surface area contributed by atoms with Gasteiger partial charge in [-0.05, 0) is 61.9 Å². The van der Waals surface area contributed by atoms with Gasteiger partial charge in [0.1, 0.15) is 22.4 Å². The maximum Gasteiger partial charge on any atom is 0.140 e. The van der Waals surface area contributed by atoms with E-state index >= 15 is 0 Å². The van der Waals surface area contributed by atoms with Crippen LogP contribution < -0.4 is 10.1 Å². The SMILES string of the molecule is COc1ccc(CCC2CN(C3=Nc4ccc(F)cc4Nc4sc5ccccc5c43)CCN2C)cc1.